The molecule has 2 aliphatic rings. The molecular weight excluding hydrogens is 398 g/mol. The molecule has 1 saturated heterocycles. The van der Waals surface area contributed by atoms with Crippen LogP contribution in [-0.4, -0.2) is 50.7 Å². The van der Waals surface area contributed by atoms with Gasteiger partial charge in [0.25, 0.3) is 5.56 Å². The molecule has 5 rings (SSSR count). The standard InChI is InChI=1S/C22H29N5O2S/c1-14(2)20-24-26(21(29)18-10-16-7-9-30-22(16)27(18)20)13-19(28)23-17-4-3-8-25(12-17)11-15-5-6-15/h7,9-10,14-15,17H,3-6,8,11-13H2,1-2H3,(H,23,28)/t17-/m1/s1. The van der Waals surface area contributed by atoms with Crippen LogP contribution in [0.25, 0.3) is 15.7 Å². The van der Waals surface area contributed by atoms with Crippen LogP contribution < -0.4 is 10.9 Å². The highest BCUT2D eigenvalue weighted by molar-refractivity contribution is 7.16. The third kappa shape index (κ3) is 3.78. The van der Waals surface area contributed by atoms with Gasteiger partial charge in [0.2, 0.25) is 5.91 Å². The van der Waals surface area contributed by atoms with Crippen molar-refractivity contribution in [2.24, 2.45) is 5.92 Å². The second-order valence-electron chi connectivity index (χ2n) is 9.13. The van der Waals surface area contributed by atoms with E-state index < -0.39 is 0 Å². The van der Waals surface area contributed by atoms with Crippen molar-refractivity contribution in [3.8, 4) is 0 Å². The molecule has 1 aliphatic carbocycles. The molecule has 1 N–H and O–H groups in total. The normalized spacial score (nSPS) is 20.4. The van der Waals surface area contributed by atoms with E-state index in [9.17, 15) is 9.59 Å². The fourth-order valence-corrected chi connectivity index (χ4v) is 5.45. The van der Waals surface area contributed by atoms with E-state index in [1.807, 2.05) is 21.9 Å². The Morgan fingerprint density at radius 3 is 2.93 bits per heavy atom. The first-order valence-corrected chi connectivity index (χ1v) is 11.9. The second-order valence-corrected chi connectivity index (χ2v) is 10.0. The molecule has 30 heavy (non-hydrogen) atoms. The Morgan fingerprint density at radius 2 is 2.17 bits per heavy atom. The van der Waals surface area contributed by atoms with Crippen molar-refractivity contribution in [2.75, 3.05) is 19.6 Å². The number of carbonyl (C=O) groups is 1. The van der Waals surface area contributed by atoms with Gasteiger partial charge in [-0.2, -0.15) is 5.10 Å². The van der Waals surface area contributed by atoms with Gasteiger partial charge in [0.15, 0.2) is 0 Å². The van der Waals surface area contributed by atoms with E-state index >= 15 is 0 Å². The molecule has 3 aromatic rings. The molecule has 0 radical (unpaired) electrons. The van der Waals surface area contributed by atoms with Crippen LogP contribution in [-0.2, 0) is 11.3 Å². The molecule has 1 saturated carbocycles. The number of likely N-dealkylation sites (tertiary alicyclic amines) is 1. The van der Waals surface area contributed by atoms with Gasteiger partial charge in [0.05, 0.1) is 0 Å². The predicted octanol–water partition coefficient (Wildman–Crippen LogP) is 2.82. The van der Waals surface area contributed by atoms with Crippen molar-refractivity contribution in [2.45, 2.75) is 58.0 Å². The number of amides is 1. The zero-order valence-electron chi connectivity index (χ0n) is 17.6. The predicted molar refractivity (Wildman–Crippen MR) is 119 cm³/mol. The van der Waals surface area contributed by atoms with Gasteiger partial charge in [-0.3, -0.25) is 14.0 Å². The molecule has 0 bridgehead atoms. The van der Waals surface area contributed by atoms with Gasteiger partial charge in [0, 0.05) is 30.4 Å². The lowest BCUT2D eigenvalue weighted by atomic mass is 10.1. The molecule has 2 fully saturated rings. The molecule has 1 amide bonds. The van der Waals surface area contributed by atoms with Gasteiger partial charge in [-0.15, -0.1) is 11.3 Å². The van der Waals surface area contributed by atoms with Gasteiger partial charge in [-0.25, -0.2) is 4.68 Å². The van der Waals surface area contributed by atoms with Gasteiger partial charge in [-0.05, 0) is 55.7 Å². The first-order chi connectivity index (χ1) is 14.5. The Bertz CT molecular complexity index is 1140. The summed E-state index contributed by atoms with van der Waals surface area (Å²) in [5.74, 6) is 1.67. The summed E-state index contributed by atoms with van der Waals surface area (Å²) >= 11 is 1.61. The van der Waals surface area contributed by atoms with Crippen LogP contribution in [0.15, 0.2) is 22.3 Å². The Hall–Kier alpha value is -2.19. The molecule has 1 atom stereocenters. The molecule has 0 aromatic carbocycles. The van der Waals surface area contributed by atoms with Gasteiger partial charge in [-0.1, -0.05) is 13.8 Å². The summed E-state index contributed by atoms with van der Waals surface area (Å²) in [5.41, 5.74) is 0.383. The van der Waals surface area contributed by atoms with Crippen molar-refractivity contribution in [1.29, 1.82) is 0 Å². The van der Waals surface area contributed by atoms with Crippen LogP contribution >= 0.6 is 11.3 Å². The monoisotopic (exact) mass is 427 g/mol. The van der Waals surface area contributed by atoms with Crippen molar-refractivity contribution in [3.05, 3.63) is 33.7 Å². The number of fused-ring (bicyclic) bond motifs is 3. The molecule has 0 unspecified atom stereocenters. The van der Waals surface area contributed by atoms with Crippen LogP contribution in [0.3, 0.4) is 0 Å². The number of thiophene rings is 1. The Morgan fingerprint density at radius 1 is 1.33 bits per heavy atom. The summed E-state index contributed by atoms with van der Waals surface area (Å²) in [4.78, 5) is 29.4. The fraction of sp³-hybridized carbons (Fsp3) is 0.591. The van der Waals surface area contributed by atoms with E-state index in [1.165, 1.54) is 17.5 Å². The minimum Gasteiger partial charge on any atom is -0.350 e. The van der Waals surface area contributed by atoms with E-state index in [2.05, 4.69) is 29.2 Å². The lowest BCUT2D eigenvalue weighted by Gasteiger charge is -2.33. The molecule has 8 heteroatoms. The molecule has 1 aliphatic heterocycles. The second kappa shape index (κ2) is 7.81. The third-order valence-corrected chi connectivity index (χ3v) is 7.12. The quantitative estimate of drug-likeness (QED) is 0.657. The number of nitrogens with one attached hydrogen (secondary N) is 1. The lowest BCUT2D eigenvalue weighted by Crippen LogP contribution is -2.49. The van der Waals surface area contributed by atoms with Crippen LogP contribution in [0.5, 0.6) is 0 Å². The summed E-state index contributed by atoms with van der Waals surface area (Å²) in [5, 5.41) is 10.8. The molecule has 160 valence electrons. The Kier molecular flexibility index (Phi) is 5.14. The van der Waals surface area contributed by atoms with E-state index in [0.717, 1.165) is 54.4 Å². The van der Waals surface area contributed by atoms with Crippen molar-refractivity contribution < 1.29 is 4.79 Å². The highest BCUT2D eigenvalue weighted by Crippen LogP contribution is 2.30. The number of piperidine rings is 1. The number of rotatable bonds is 6. The van der Waals surface area contributed by atoms with E-state index in [0.29, 0.717) is 5.52 Å². The first kappa shape index (κ1) is 19.8. The number of hydrogen-bond donors (Lipinski definition) is 1. The summed E-state index contributed by atoms with van der Waals surface area (Å²) in [6.45, 7) is 7.29. The minimum atomic E-state index is -0.211. The van der Waals surface area contributed by atoms with Crippen molar-refractivity contribution >= 4 is 33.0 Å². The maximum absolute atomic E-state index is 13.1. The van der Waals surface area contributed by atoms with E-state index in [1.54, 1.807) is 11.3 Å². The summed E-state index contributed by atoms with van der Waals surface area (Å²) < 4.78 is 3.30. The van der Waals surface area contributed by atoms with E-state index in [4.69, 9.17) is 0 Å². The molecule has 3 aromatic heterocycles. The topological polar surface area (TPSA) is 71.6 Å². The Balaban J connectivity index is 1.36. The maximum Gasteiger partial charge on any atom is 0.291 e. The van der Waals surface area contributed by atoms with Gasteiger partial charge < -0.3 is 10.2 Å². The van der Waals surface area contributed by atoms with E-state index in [-0.39, 0.29) is 30.0 Å². The maximum atomic E-state index is 13.1. The van der Waals surface area contributed by atoms with Crippen LogP contribution in [0, 0.1) is 5.92 Å². The van der Waals surface area contributed by atoms with Crippen LogP contribution in [0.1, 0.15) is 51.3 Å². The molecule has 4 heterocycles. The average molecular weight is 428 g/mol. The summed E-state index contributed by atoms with van der Waals surface area (Å²) in [6, 6.07) is 4.09. The molecular formula is C22H29N5O2S. The van der Waals surface area contributed by atoms with Gasteiger partial charge in [0.1, 0.15) is 22.7 Å². The van der Waals surface area contributed by atoms with Gasteiger partial charge >= 0.3 is 0 Å². The SMILES string of the molecule is CC(C)c1nn(CC(=O)N[C@@H]2CCCN(CC3CC3)C2)c(=O)c2cc3ccsc3n12. The fourth-order valence-electron chi connectivity index (χ4n) is 4.55. The smallest absolute Gasteiger partial charge is 0.291 e. The molecule has 7 nitrogen and oxygen atoms in total. The summed E-state index contributed by atoms with van der Waals surface area (Å²) in [6.07, 6.45) is 4.81. The highest BCUT2D eigenvalue weighted by atomic mass is 32.1. The average Bonchev–Trinajstić information content (AvgIpc) is 3.26. The highest BCUT2D eigenvalue weighted by Gasteiger charge is 2.28. The summed E-state index contributed by atoms with van der Waals surface area (Å²) in [7, 11) is 0. The minimum absolute atomic E-state index is 0.0347. The number of hydrogen-bond acceptors (Lipinski definition) is 5. The van der Waals surface area contributed by atoms with Crippen molar-refractivity contribution in [1.82, 2.24) is 24.4 Å². The van der Waals surface area contributed by atoms with Crippen LogP contribution in [0.2, 0.25) is 0 Å². The van der Waals surface area contributed by atoms with Crippen molar-refractivity contribution in [3.63, 3.8) is 0 Å². The Labute approximate surface area is 179 Å². The third-order valence-electron chi connectivity index (χ3n) is 6.21. The lowest BCUT2D eigenvalue weighted by molar-refractivity contribution is -0.123. The number of carbonyl (C=O) groups excluding carboxylic acids is 1. The largest absolute Gasteiger partial charge is 0.350 e. The molecule has 0 spiro atoms. The first-order valence-electron chi connectivity index (χ1n) is 11.0. The van der Waals surface area contributed by atoms with Crippen LogP contribution in [0.4, 0.5) is 0 Å². The zero-order valence-corrected chi connectivity index (χ0v) is 18.5. The zero-order chi connectivity index (χ0) is 20.8. The number of nitrogens with zero attached hydrogens (tertiary/aromatic N) is 4. The number of aromatic nitrogens is 3.